The van der Waals surface area contributed by atoms with Crippen molar-refractivity contribution in [3.63, 3.8) is 0 Å². The van der Waals surface area contributed by atoms with Gasteiger partial charge in [0.1, 0.15) is 6.61 Å². The van der Waals surface area contributed by atoms with E-state index in [1.165, 1.54) is 0 Å². The van der Waals surface area contributed by atoms with E-state index in [9.17, 15) is 4.79 Å². The lowest BCUT2D eigenvalue weighted by Crippen LogP contribution is -2.07. The van der Waals surface area contributed by atoms with Gasteiger partial charge in [0.25, 0.3) is 0 Å². The van der Waals surface area contributed by atoms with Crippen LogP contribution in [0.5, 0.6) is 0 Å². The summed E-state index contributed by atoms with van der Waals surface area (Å²) < 4.78 is 6.39. The Labute approximate surface area is 137 Å². The van der Waals surface area contributed by atoms with Gasteiger partial charge in [-0.25, -0.2) is 4.79 Å². The maximum atomic E-state index is 12.4. The van der Waals surface area contributed by atoms with E-state index in [0.717, 1.165) is 26.6 Å². The number of nitrogens with zero attached hydrogens (tertiary/aromatic N) is 1. The summed E-state index contributed by atoms with van der Waals surface area (Å²) in [5.74, 6) is -0.336. The second-order valence-corrected chi connectivity index (χ2v) is 5.85. The van der Waals surface area contributed by atoms with Gasteiger partial charge in [0.15, 0.2) is 0 Å². The molecule has 2 aromatic carbocycles. The van der Waals surface area contributed by atoms with Crippen molar-refractivity contribution < 1.29 is 9.53 Å². The molecule has 0 spiro atoms. The van der Waals surface area contributed by atoms with Crippen LogP contribution in [0.4, 0.5) is 0 Å². The van der Waals surface area contributed by atoms with E-state index in [1.807, 2.05) is 55.5 Å². The molecular weight excluding hydrogens is 342 g/mol. The van der Waals surface area contributed by atoms with Crippen molar-refractivity contribution in [2.75, 3.05) is 0 Å². The number of halogens is 1. The highest BCUT2D eigenvalue weighted by molar-refractivity contribution is 9.10. The maximum Gasteiger partial charge on any atom is 0.339 e. The Morgan fingerprint density at radius 3 is 2.68 bits per heavy atom. The van der Waals surface area contributed by atoms with Crippen LogP contribution in [0.3, 0.4) is 0 Å². The largest absolute Gasteiger partial charge is 0.457 e. The summed E-state index contributed by atoms with van der Waals surface area (Å²) in [5.41, 5.74) is 3.09. The zero-order valence-corrected chi connectivity index (χ0v) is 13.6. The monoisotopic (exact) mass is 355 g/mol. The molecule has 1 heterocycles. The lowest BCUT2D eigenvalue weighted by molar-refractivity contribution is 0.0474. The van der Waals surface area contributed by atoms with E-state index < -0.39 is 0 Å². The van der Waals surface area contributed by atoms with Crippen LogP contribution in [0.2, 0.25) is 0 Å². The van der Waals surface area contributed by atoms with E-state index in [1.54, 1.807) is 6.07 Å². The number of para-hydroxylation sites is 1. The molecule has 3 nitrogen and oxygen atoms in total. The standard InChI is InChI=1S/C18H14BrNO2/c1-12-10-15(14-7-3-5-9-17(14)20-12)18(21)22-11-13-6-2-4-8-16(13)19/h2-10H,11H2,1H3. The highest BCUT2D eigenvalue weighted by Crippen LogP contribution is 2.21. The molecular formula is C18H14BrNO2. The van der Waals surface area contributed by atoms with E-state index in [-0.39, 0.29) is 12.6 Å². The fourth-order valence-electron chi connectivity index (χ4n) is 2.31. The number of pyridine rings is 1. The van der Waals surface area contributed by atoms with E-state index in [2.05, 4.69) is 20.9 Å². The number of hydrogen-bond acceptors (Lipinski definition) is 3. The normalized spacial score (nSPS) is 10.6. The van der Waals surface area contributed by atoms with Crippen LogP contribution < -0.4 is 0 Å². The molecule has 1 aromatic heterocycles. The first-order valence-corrected chi connectivity index (χ1v) is 7.71. The van der Waals surface area contributed by atoms with Gasteiger partial charge in [0.2, 0.25) is 0 Å². The number of rotatable bonds is 3. The van der Waals surface area contributed by atoms with Crippen LogP contribution in [-0.2, 0) is 11.3 Å². The number of ether oxygens (including phenoxy) is 1. The molecule has 3 aromatic rings. The summed E-state index contributed by atoms with van der Waals surface area (Å²) in [7, 11) is 0. The Balaban J connectivity index is 1.88. The number of aromatic nitrogens is 1. The van der Waals surface area contributed by atoms with Crippen molar-refractivity contribution in [3.05, 3.63) is 75.9 Å². The molecule has 0 bridgehead atoms. The fourth-order valence-corrected chi connectivity index (χ4v) is 2.71. The van der Waals surface area contributed by atoms with Gasteiger partial charge in [0, 0.05) is 21.1 Å². The predicted molar refractivity (Wildman–Crippen MR) is 89.7 cm³/mol. The second-order valence-electron chi connectivity index (χ2n) is 5.00. The average Bonchev–Trinajstić information content (AvgIpc) is 2.53. The summed E-state index contributed by atoms with van der Waals surface area (Å²) in [5, 5.41) is 0.810. The van der Waals surface area contributed by atoms with Gasteiger partial charge in [-0.3, -0.25) is 4.98 Å². The zero-order chi connectivity index (χ0) is 15.5. The van der Waals surface area contributed by atoms with Gasteiger partial charge >= 0.3 is 5.97 Å². The quantitative estimate of drug-likeness (QED) is 0.641. The minimum absolute atomic E-state index is 0.232. The van der Waals surface area contributed by atoms with Gasteiger partial charge in [-0.15, -0.1) is 0 Å². The number of aryl methyl sites for hydroxylation is 1. The van der Waals surface area contributed by atoms with Gasteiger partial charge in [-0.2, -0.15) is 0 Å². The maximum absolute atomic E-state index is 12.4. The lowest BCUT2D eigenvalue weighted by Gasteiger charge is -2.09. The molecule has 4 heteroatoms. The predicted octanol–water partition coefficient (Wildman–Crippen LogP) is 4.66. The molecule has 0 aliphatic carbocycles. The lowest BCUT2D eigenvalue weighted by atomic mass is 10.1. The van der Waals surface area contributed by atoms with E-state index >= 15 is 0 Å². The topological polar surface area (TPSA) is 39.2 Å². The Morgan fingerprint density at radius 1 is 1.14 bits per heavy atom. The first-order chi connectivity index (χ1) is 10.6. The molecule has 0 unspecified atom stereocenters. The average molecular weight is 356 g/mol. The van der Waals surface area contributed by atoms with Gasteiger partial charge in [0.05, 0.1) is 11.1 Å². The smallest absolute Gasteiger partial charge is 0.339 e. The third-order valence-corrected chi connectivity index (χ3v) is 4.15. The molecule has 0 N–H and O–H groups in total. The first kappa shape index (κ1) is 14.7. The fraction of sp³-hybridized carbons (Fsp3) is 0.111. The highest BCUT2D eigenvalue weighted by Gasteiger charge is 2.13. The van der Waals surface area contributed by atoms with Crippen LogP contribution in [0.25, 0.3) is 10.9 Å². The molecule has 0 saturated heterocycles. The van der Waals surface area contributed by atoms with Crippen LogP contribution in [-0.4, -0.2) is 11.0 Å². The van der Waals surface area contributed by atoms with Crippen LogP contribution in [0, 0.1) is 6.92 Å². The van der Waals surface area contributed by atoms with Crippen LogP contribution >= 0.6 is 15.9 Å². The Morgan fingerprint density at radius 2 is 1.86 bits per heavy atom. The molecule has 3 rings (SSSR count). The molecule has 22 heavy (non-hydrogen) atoms. The highest BCUT2D eigenvalue weighted by atomic mass is 79.9. The number of fused-ring (bicyclic) bond motifs is 1. The molecule has 0 fully saturated rings. The number of esters is 1. The van der Waals surface area contributed by atoms with Gasteiger partial charge < -0.3 is 4.74 Å². The molecule has 0 atom stereocenters. The van der Waals surface area contributed by atoms with Crippen molar-refractivity contribution in [1.82, 2.24) is 4.98 Å². The summed E-state index contributed by atoms with van der Waals surface area (Å²) in [6, 6.07) is 17.0. The number of benzene rings is 2. The first-order valence-electron chi connectivity index (χ1n) is 6.92. The molecule has 0 saturated carbocycles. The van der Waals surface area contributed by atoms with Crippen molar-refractivity contribution in [2.24, 2.45) is 0 Å². The van der Waals surface area contributed by atoms with Crippen LogP contribution in [0.15, 0.2) is 59.1 Å². The molecule has 0 aliphatic heterocycles. The molecule has 110 valence electrons. The zero-order valence-electron chi connectivity index (χ0n) is 12.0. The third-order valence-electron chi connectivity index (χ3n) is 3.38. The molecule has 0 aliphatic rings. The minimum Gasteiger partial charge on any atom is -0.457 e. The molecule has 0 amide bonds. The van der Waals surface area contributed by atoms with E-state index in [0.29, 0.717) is 5.56 Å². The van der Waals surface area contributed by atoms with Gasteiger partial charge in [-0.1, -0.05) is 52.3 Å². The summed E-state index contributed by atoms with van der Waals surface area (Å²) in [4.78, 5) is 16.9. The summed E-state index contributed by atoms with van der Waals surface area (Å²) in [6.45, 7) is 2.10. The SMILES string of the molecule is Cc1cc(C(=O)OCc2ccccc2Br)c2ccccc2n1. The Bertz CT molecular complexity index is 845. The number of hydrogen-bond donors (Lipinski definition) is 0. The Hall–Kier alpha value is -2.20. The van der Waals surface area contributed by atoms with Crippen molar-refractivity contribution in [3.8, 4) is 0 Å². The van der Waals surface area contributed by atoms with Gasteiger partial charge in [-0.05, 0) is 25.1 Å². The van der Waals surface area contributed by atoms with Crippen molar-refractivity contribution >= 4 is 32.8 Å². The third kappa shape index (κ3) is 3.02. The van der Waals surface area contributed by atoms with Crippen molar-refractivity contribution in [2.45, 2.75) is 13.5 Å². The minimum atomic E-state index is -0.336. The van der Waals surface area contributed by atoms with E-state index in [4.69, 9.17) is 4.74 Å². The second kappa shape index (κ2) is 6.28. The van der Waals surface area contributed by atoms with Crippen molar-refractivity contribution in [1.29, 1.82) is 0 Å². The number of carbonyl (C=O) groups excluding carboxylic acids is 1. The number of carbonyl (C=O) groups is 1. The molecule has 0 radical (unpaired) electrons. The Kier molecular flexibility index (Phi) is 4.20. The summed E-state index contributed by atoms with van der Waals surface area (Å²) in [6.07, 6.45) is 0. The summed E-state index contributed by atoms with van der Waals surface area (Å²) >= 11 is 3.45. The van der Waals surface area contributed by atoms with Crippen LogP contribution in [0.1, 0.15) is 21.6 Å².